The summed E-state index contributed by atoms with van der Waals surface area (Å²) >= 11 is 0. The van der Waals surface area contributed by atoms with Crippen LogP contribution in [0.2, 0.25) is 0 Å². The van der Waals surface area contributed by atoms with E-state index in [2.05, 4.69) is 27.7 Å². The molecule has 1 aliphatic rings. The molecule has 0 heterocycles. The minimum Gasteiger partial charge on any atom is -0.434 e. The maximum atomic E-state index is 12.0. The Morgan fingerprint density at radius 3 is 1.66 bits per heavy atom. The lowest BCUT2D eigenvalue weighted by atomic mass is 9.95. The molecular weight excluding hydrogens is 372 g/mol. The predicted molar refractivity (Wildman–Crippen MR) is 113 cm³/mol. The van der Waals surface area contributed by atoms with E-state index in [4.69, 9.17) is 18.9 Å². The largest absolute Gasteiger partial charge is 0.508 e. The van der Waals surface area contributed by atoms with Gasteiger partial charge in [0.15, 0.2) is 0 Å². The van der Waals surface area contributed by atoms with Crippen LogP contribution in [0.4, 0.5) is 9.59 Å². The Morgan fingerprint density at radius 2 is 1.14 bits per heavy atom. The van der Waals surface area contributed by atoms with Gasteiger partial charge in [-0.05, 0) is 56.8 Å². The lowest BCUT2D eigenvalue weighted by Crippen LogP contribution is -2.38. The quantitative estimate of drug-likeness (QED) is 0.248. The summed E-state index contributed by atoms with van der Waals surface area (Å²) in [6.45, 7) is 9.45. The summed E-state index contributed by atoms with van der Waals surface area (Å²) in [6.07, 6.45) is 8.33. The van der Waals surface area contributed by atoms with Crippen molar-refractivity contribution in [3.63, 3.8) is 0 Å². The van der Waals surface area contributed by atoms with Crippen LogP contribution < -0.4 is 0 Å². The molecular formula is C23H42O6. The van der Waals surface area contributed by atoms with E-state index in [1.807, 2.05) is 0 Å². The molecule has 1 fully saturated rings. The van der Waals surface area contributed by atoms with Crippen molar-refractivity contribution in [3.05, 3.63) is 0 Å². The Labute approximate surface area is 177 Å². The van der Waals surface area contributed by atoms with Crippen molar-refractivity contribution in [1.29, 1.82) is 0 Å². The zero-order valence-electron chi connectivity index (χ0n) is 19.0. The molecule has 0 aromatic heterocycles. The fourth-order valence-corrected chi connectivity index (χ4v) is 3.46. The fraction of sp³-hybridized carbons (Fsp3) is 0.913. The number of ether oxygens (including phenoxy) is 4. The highest BCUT2D eigenvalue weighted by molar-refractivity contribution is 5.61. The van der Waals surface area contributed by atoms with Gasteiger partial charge in [-0.2, -0.15) is 0 Å². The van der Waals surface area contributed by atoms with Crippen molar-refractivity contribution >= 4 is 12.3 Å². The molecule has 0 aromatic rings. The third-order valence-electron chi connectivity index (χ3n) is 5.18. The van der Waals surface area contributed by atoms with Gasteiger partial charge in [-0.1, -0.05) is 53.4 Å². The summed E-state index contributed by atoms with van der Waals surface area (Å²) in [5.74, 6) is 1.32. The van der Waals surface area contributed by atoms with Crippen LogP contribution in [0.25, 0.3) is 0 Å². The van der Waals surface area contributed by atoms with Gasteiger partial charge in [0.05, 0.1) is 13.2 Å². The molecule has 0 aromatic carbocycles. The second-order valence-electron chi connectivity index (χ2n) is 8.93. The molecule has 1 aliphatic carbocycles. The molecule has 2 unspecified atom stereocenters. The molecule has 0 bridgehead atoms. The maximum absolute atomic E-state index is 12.0. The van der Waals surface area contributed by atoms with Crippen molar-refractivity contribution in [2.75, 3.05) is 13.2 Å². The van der Waals surface area contributed by atoms with Crippen LogP contribution in [0.1, 0.15) is 98.3 Å². The molecule has 0 aliphatic heterocycles. The SMILES string of the molecule is CC(C)CCCCCCOC(=O)OC1CCCCC1OC(=O)OCCCC(C)C. The van der Waals surface area contributed by atoms with Gasteiger partial charge in [0, 0.05) is 0 Å². The molecule has 0 spiro atoms. The van der Waals surface area contributed by atoms with E-state index >= 15 is 0 Å². The second-order valence-corrected chi connectivity index (χ2v) is 8.93. The number of carbonyl (C=O) groups excluding carboxylic acids is 2. The zero-order chi connectivity index (χ0) is 21.5. The van der Waals surface area contributed by atoms with Crippen LogP contribution in [0.5, 0.6) is 0 Å². The molecule has 29 heavy (non-hydrogen) atoms. The van der Waals surface area contributed by atoms with Crippen molar-refractivity contribution < 1.29 is 28.5 Å². The average molecular weight is 415 g/mol. The Morgan fingerprint density at radius 1 is 0.690 bits per heavy atom. The van der Waals surface area contributed by atoms with E-state index in [9.17, 15) is 9.59 Å². The van der Waals surface area contributed by atoms with E-state index < -0.39 is 24.5 Å². The molecule has 1 saturated carbocycles. The van der Waals surface area contributed by atoms with Gasteiger partial charge >= 0.3 is 12.3 Å². The summed E-state index contributed by atoms with van der Waals surface area (Å²) in [6, 6.07) is 0. The minimum atomic E-state index is -0.677. The van der Waals surface area contributed by atoms with Crippen LogP contribution in [0.3, 0.4) is 0 Å². The lowest BCUT2D eigenvalue weighted by molar-refractivity contribution is -0.0713. The Bertz CT molecular complexity index is 449. The van der Waals surface area contributed by atoms with Crippen LogP contribution in [-0.4, -0.2) is 37.7 Å². The predicted octanol–water partition coefficient (Wildman–Crippen LogP) is 6.65. The van der Waals surface area contributed by atoms with Crippen LogP contribution >= 0.6 is 0 Å². The number of hydrogen-bond donors (Lipinski definition) is 0. The summed E-state index contributed by atoms with van der Waals surface area (Å²) in [5, 5.41) is 0. The van der Waals surface area contributed by atoms with Gasteiger partial charge in [-0.15, -0.1) is 0 Å². The first kappa shape index (κ1) is 25.6. The number of rotatable bonds is 13. The van der Waals surface area contributed by atoms with E-state index in [1.165, 1.54) is 12.8 Å². The summed E-state index contributed by atoms with van der Waals surface area (Å²) in [7, 11) is 0. The molecule has 0 amide bonds. The molecule has 170 valence electrons. The first-order chi connectivity index (χ1) is 13.9. The van der Waals surface area contributed by atoms with Gasteiger partial charge in [0.1, 0.15) is 12.2 Å². The van der Waals surface area contributed by atoms with E-state index in [-0.39, 0.29) is 0 Å². The van der Waals surface area contributed by atoms with E-state index in [0.29, 0.717) is 32.0 Å². The van der Waals surface area contributed by atoms with Crippen molar-refractivity contribution in [2.45, 2.75) is 111 Å². The van der Waals surface area contributed by atoms with Crippen molar-refractivity contribution in [3.8, 4) is 0 Å². The Kier molecular flexibility index (Phi) is 13.6. The van der Waals surface area contributed by atoms with Crippen LogP contribution in [0, 0.1) is 11.8 Å². The first-order valence-electron chi connectivity index (χ1n) is 11.5. The average Bonchev–Trinajstić information content (AvgIpc) is 2.65. The van der Waals surface area contributed by atoms with E-state index in [1.54, 1.807) is 0 Å². The monoisotopic (exact) mass is 414 g/mol. The molecule has 6 nitrogen and oxygen atoms in total. The molecule has 0 N–H and O–H groups in total. The standard InChI is InChI=1S/C23H42O6/c1-18(2)12-7-5-6-10-16-26-22(24)28-20-14-8-9-15-21(20)29-23(25)27-17-11-13-19(3)4/h18-21H,5-17H2,1-4H3. The molecule has 2 atom stereocenters. The summed E-state index contributed by atoms with van der Waals surface area (Å²) in [5.41, 5.74) is 0. The van der Waals surface area contributed by atoms with Crippen LogP contribution in [-0.2, 0) is 18.9 Å². The Balaban J connectivity index is 2.20. The summed E-state index contributed by atoms with van der Waals surface area (Å²) in [4.78, 5) is 23.9. The van der Waals surface area contributed by atoms with Gasteiger partial charge in [0.25, 0.3) is 0 Å². The zero-order valence-corrected chi connectivity index (χ0v) is 19.0. The lowest BCUT2D eigenvalue weighted by Gasteiger charge is -2.29. The highest BCUT2D eigenvalue weighted by Crippen LogP contribution is 2.25. The van der Waals surface area contributed by atoms with Gasteiger partial charge in [0.2, 0.25) is 0 Å². The van der Waals surface area contributed by atoms with Crippen molar-refractivity contribution in [1.82, 2.24) is 0 Å². The fourth-order valence-electron chi connectivity index (χ4n) is 3.46. The topological polar surface area (TPSA) is 71.1 Å². The second kappa shape index (κ2) is 15.4. The molecule has 6 heteroatoms. The number of hydrogen-bond acceptors (Lipinski definition) is 6. The van der Waals surface area contributed by atoms with Gasteiger partial charge in [-0.25, -0.2) is 9.59 Å². The number of carbonyl (C=O) groups is 2. The van der Waals surface area contributed by atoms with Crippen LogP contribution in [0.15, 0.2) is 0 Å². The minimum absolute atomic E-state index is 0.356. The van der Waals surface area contributed by atoms with Gasteiger partial charge in [-0.3, -0.25) is 0 Å². The summed E-state index contributed by atoms with van der Waals surface area (Å²) < 4.78 is 21.2. The Hall–Kier alpha value is -1.46. The first-order valence-corrected chi connectivity index (χ1v) is 11.5. The molecule has 0 saturated heterocycles. The molecule has 1 rings (SSSR count). The normalized spacial score (nSPS) is 19.2. The third kappa shape index (κ3) is 13.4. The number of unbranched alkanes of at least 4 members (excludes halogenated alkanes) is 3. The smallest absolute Gasteiger partial charge is 0.434 e. The maximum Gasteiger partial charge on any atom is 0.508 e. The van der Waals surface area contributed by atoms with E-state index in [0.717, 1.165) is 50.9 Å². The van der Waals surface area contributed by atoms with Crippen molar-refractivity contribution in [2.24, 2.45) is 11.8 Å². The highest BCUT2D eigenvalue weighted by Gasteiger charge is 2.32. The third-order valence-corrected chi connectivity index (χ3v) is 5.18. The van der Waals surface area contributed by atoms with Gasteiger partial charge < -0.3 is 18.9 Å². The molecule has 0 radical (unpaired) electrons. The highest BCUT2D eigenvalue weighted by atomic mass is 16.8.